The number of hydrogen-bond donors (Lipinski definition) is 0. The van der Waals surface area contributed by atoms with Gasteiger partial charge >= 0.3 is 6.18 Å². The Morgan fingerprint density at radius 2 is 1.17 bits per heavy atom. The molecule has 1 atom stereocenters. The molecule has 2 heterocycles. The summed E-state index contributed by atoms with van der Waals surface area (Å²) in [4.78, 5) is 54.0. The molecule has 5 rings (SSSR count). The van der Waals surface area contributed by atoms with E-state index in [2.05, 4.69) is 19.7 Å². The first-order valence-electron chi connectivity index (χ1n) is 12.8. The predicted molar refractivity (Wildman–Crippen MR) is 154 cm³/mol. The molecule has 212 valence electrons. The van der Waals surface area contributed by atoms with Gasteiger partial charge in [-0.05, 0) is 72.0 Å². The van der Waals surface area contributed by atoms with Crippen molar-refractivity contribution in [1.29, 1.82) is 0 Å². The normalized spacial score (nSPS) is 16.0. The van der Waals surface area contributed by atoms with Crippen molar-refractivity contribution in [2.45, 2.75) is 25.4 Å². The molecule has 0 aliphatic carbocycles. The van der Waals surface area contributed by atoms with Crippen LogP contribution in [0.25, 0.3) is 18.2 Å². The zero-order chi connectivity index (χ0) is 30.9. The number of nitrogens with zero attached hydrogens (tertiary/aromatic N) is 2. The lowest BCUT2D eigenvalue weighted by atomic mass is 9.74. The largest absolute Gasteiger partial charge is 0.402 e. The Labute approximate surface area is 240 Å². The average Bonchev–Trinajstić information content (AvgIpc) is 3.34. The minimum Gasteiger partial charge on any atom is -0.277 e. The fraction of sp³-hybridized carbons (Fsp3) is 0.152. The Balaban J connectivity index is 1.68. The number of rotatable bonds is 6. The minimum absolute atomic E-state index is 0.00922. The van der Waals surface area contributed by atoms with E-state index >= 15 is 0 Å². The van der Waals surface area contributed by atoms with E-state index in [1.54, 1.807) is 19.1 Å². The van der Waals surface area contributed by atoms with Gasteiger partial charge in [-0.3, -0.25) is 24.1 Å². The summed E-state index contributed by atoms with van der Waals surface area (Å²) in [6, 6.07) is 8.56. The van der Waals surface area contributed by atoms with Gasteiger partial charge in [0.25, 0.3) is 23.6 Å². The summed E-state index contributed by atoms with van der Waals surface area (Å²) in [7, 11) is 1.25. The van der Waals surface area contributed by atoms with Gasteiger partial charge in [-0.1, -0.05) is 50.1 Å². The van der Waals surface area contributed by atoms with Gasteiger partial charge < -0.3 is 0 Å². The van der Waals surface area contributed by atoms with Gasteiger partial charge in [-0.25, -0.2) is 4.90 Å². The van der Waals surface area contributed by atoms with E-state index in [-0.39, 0.29) is 39.1 Å². The molecule has 3 aromatic rings. The highest BCUT2D eigenvalue weighted by molar-refractivity contribution is 6.35. The van der Waals surface area contributed by atoms with Crippen molar-refractivity contribution in [3.63, 3.8) is 0 Å². The van der Waals surface area contributed by atoms with Crippen molar-refractivity contribution in [1.82, 2.24) is 4.90 Å². The van der Waals surface area contributed by atoms with Crippen LogP contribution in [-0.2, 0) is 5.41 Å². The monoisotopic (exact) mass is 570 g/mol. The van der Waals surface area contributed by atoms with Crippen LogP contribution in [0.4, 0.5) is 18.9 Å². The Morgan fingerprint density at radius 3 is 1.67 bits per heavy atom. The number of carbonyl (C=O) groups is 4. The lowest BCUT2D eigenvalue weighted by molar-refractivity contribution is -0.173. The Hall–Kier alpha value is -5.05. The summed E-state index contributed by atoms with van der Waals surface area (Å²) in [6.07, 6.45) is -0.298. The van der Waals surface area contributed by atoms with Crippen LogP contribution in [0.5, 0.6) is 0 Å². The fourth-order valence-electron chi connectivity index (χ4n) is 5.62. The molecular formula is C33H25F3N2O4. The highest BCUT2D eigenvalue weighted by Gasteiger charge is 2.55. The first-order valence-corrected chi connectivity index (χ1v) is 12.8. The van der Waals surface area contributed by atoms with E-state index in [1.165, 1.54) is 31.3 Å². The van der Waals surface area contributed by atoms with E-state index in [0.717, 1.165) is 46.6 Å². The maximum atomic E-state index is 14.9. The highest BCUT2D eigenvalue weighted by Crippen LogP contribution is 2.48. The lowest BCUT2D eigenvalue weighted by Crippen LogP contribution is -2.41. The van der Waals surface area contributed by atoms with Crippen LogP contribution in [0.1, 0.15) is 81.7 Å². The quantitative estimate of drug-likeness (QED) is 0.305. The number of alkyl halides is 3. The Kier molecular flexibility index (Phi) is 6.45. The standard InChI is InChI=1S/C33H25F3N2O4/c1-7-18-14-19(8-2)27(22(9-3)17(18)4)38-30(41)24-13-11-21(16-26(24)31(38)42)32(5,33(34,35)36)20-10-12-23-25(15-20)29(40)37(6)28(23)39/h7-16H,1-3H2,4-6H3. The van der Waals surface area contributed by atoms with Gasteiger partial charge in [0.05, 0.1) is 27.9 Å². The number of hydrogen-bond acceptors (Lipinski definition) is 4. The Bertz CT molecular complexity index is 1800. The SMILES string of the molecule is C=Cc1cc(C=C)c(N2C(=O)c3ccc(C(C)(c4ccc5c(c4)C(=O)N(C)C5=O)C(F)(F)F)cc3C2=O)c(C=C)c1C. The van der Waals surface area contributed by atoms with Crippen molar-refractivity contribution in [2.24, 2.45) is 0 Å². The number of amides is 4. The number of benzene rings is 3. The van der Waals surface area contributed by atoms with Gasteiger partial charge in [0.1, 0.15) is 5.41 Å². The zero-order valence-electron chi connectivity index (χ0n) is 23.1. The third-order valence-electron chi connectivity index (χ3n) is 8.24. The van der Waals surface area contributed by atoms with Gasteiger partial charge in [-0.15, -0.1) is 0 Å². The second-order valence-electron chi connectivity index (χ2n) is 10.3. The van der Waals surface area contributed by atoms with Crippen LogP contribution in [-0.4, -0.2) is 41.8 Å². The summed E-state index contributed by atoms with van der Waals surface area (Å²) in [5, 5.41) is 0. The molecule has 4 amide bonds. The summed E-state index contributed by atoms with van der Waals surface area (Å²) >= 11 is 0. The van der Waals surface area contributed by atoms with Crippen molar-refractivity contribution in [3.8, 4) is 0 Å². The molecule has 1 unspecified atom stereocenters. The van der Waals surface area contributed by atoms with Crippen molar-refractivity contribution in [3.05, 3.63) is 118 Å². The van der Waals surface area contributed by atoms with E-state index in [1.807, 2.05) is 0 Å². The second-order valence-corrected chi connectivity index (χ2v) is 10.3. The smallest absolute Gasteiger partial charge is 0.277 e. The summed E-state index contributed by atoms with van der Waals surface area (Å²) < 4.78 is 44.7. The molecule has 3 aromatic carbocycles. The average molecular weight is 571 g/mol. The number of fused-ring (bicyclic) bond motifs is 2. The molecule has 9 heteroatoms. The number of halogens is 3. The van der Waals surface area contributed by atoms with Crippen LogP contribution in [0.15, 0.2) is 62.2 Å². The summed E-state index contributed by atoms with van der Waals surface area (Å²) in [6.45, 7) is 14.1. The molecule has 42 heavy (non-hydrogen) atoms. The van der Waals surface area contributed by atoms with E-state index in [0.29, 0.717) is 16.7 Å². The first-order chi connectivity index (χ1) is 19.7. The molecule has 0 aromatic heterocycles. The topological polar surface area (TPSA) is 74.8 Å². The van der Waals surface area contributed by atoms with Crippen LogP contribution in [0, 0.1) is 6.92 Å². The van der Waals surface area contributed by atoms with E-state index < -0.39 is 35.2 Å². The number of carbonyl (C=O) groups excluding carboxylic acids is 4. The van der Waals surface area contributed by atoms with Crippen molar-refractivity contribution >= 4 is 47.5 Å². The predicted octanol–water partition coefficient (Wildman–Crippen LogP) is 6.82. The molecule has 0 radical (unpaired) electrons. The molecule has 0 spiro atoms. The Morgan fingerprint density at radius 1 is 0.690 bits per heavy atom. The van der Waals surface area contributed by atoms with Crippen LogP contribution in [0.2, 0.25) is 0 Å². The van der Waals surface area contributed by atoms with Crippen molar-refractivity contribution in [2.75, 3.05) is 11.9 Å². The number of imide groups is 2. The van der Waals surface area contributed by atoms with Gasteiger partial charge in [-0.2, -0.15) is 13.2 Å². The summed E-state index contributed by atoms with van der Waals surface area (Å²) in [5.41, 5.74) is -1.08. The van der Waals surface area contributed by atoms with Gasteiger partial charge in [0.15, 0.2) is 0 Å². The molecule has 6 nitrogen and oxygen atoms in total. The zero-order valence-corrected chi connectivity index (χ0v) is 23.1. The molecule has 0 N–H and O–H groups in total. The van der Waals surface area contributed by atoms with Gasteiger partial charge in [0, 0.05) is 12.6 Å². The third-order valence-corrected chi connectivity index (χ3v) is 8.24. The molecule has 0 fully saturated rings. The molecule has 0 saturated heterocycles. The molecule has 2 aliphatic heterocycles. The van der Waals surface area contributed by atoms with E-state index in [9.17, 15) is 32.3 Å². The third kappa shape index (κ3) is 3.73. The maximum absolute atomic E-state index is 14.9. The molecular weight excluding hydrogens is 545 g/mol. The lowest BCUT2D eigenvalue weighted by Gasteiger charge is -2.33. The molecule has 2 aliphatic rings. The van der Waals surface area contributed by atoms with Gasteiger partial charge in [0.2, 0.25) is 0 Å². The van der Waals surface area contributed by atoms with E-state index in [4.69, 9.17) is 0 Å². The van der Waals surface area contributed by atoms with Crippen LogP contribution < -0.4 is 4.90 Å². The highest BCUT2D eigenvalue weighted by atomic mass is 19.4. The minimum atomic E-state index is -4.89. The fourth-order valence-corrected chi connectivity index (χ4v) is 5.62. The first kappa shape index (κ1) is 28.5. The molecule has 0 saturated carbocycles. The van der Waals surface area contributed by atoms with Crippen LogP contribution >= 0.6 is 0 Å². The number of anilines is 1. The summed E-state index contributed by atoms with van der Waals surface area (Å²) in [5.74, 6) is -2.81. The molecule has 0 bridgehead atoms. The maximum Gasteiger partial charge on any atom is 0.402 e. The second kappa shape index (κ2) is 9.51. The van der Waals surface area contributed by atoms with Crippen LogP contribution in [0.3, 0.4) is 0 Å². The van der Waals surface area contributed by atoms with Crippen molar-refractivity contribution < 1.29 is 32.3 Å².